The Kier molecular flexibility index (Phi) is 136. The van der Waals surface area contributed by atoms with Gasteiger partial charge in [-0.25, -0.2) is 0 Å². The number of ether oxygens (including phenoxy) is 2. The fourth-order valence-electron chi connectivity index (χ4n) is 1.73. The molecule has 224 valence electrons. The summed E-state index contributed by atoms with van der Waals surface area (Å²) in [7, 11) is 0. The summed E-state index contributed by atoms with van der Waals surface area (Å²) in [6.45, 7) is 13.9. The average molecular weight is 3270 g/mol. The number of allylic oxidation sites excluding steroid dienone is 4. The van der Waals surface area contributed by atoms with Gasteiger partial charge in [-0.15, -0.1) is 0 Å². The summed E-state index contributed by atoms with van der Waals surface area (Å²) < 4.78 is 16.5. The third kappa shape index (κ3) is 44.3. The van der Waals surface area contributed by atoms with Crippen LogP contribution < -0.4 is 0 Å². The number of rotatable bonds is 9. The van der Waals surface area contributed by atoms with E-state index in [0.717, 1.165) is 48.2 Å². The van der Waals surface area contributed by atoms with Crippen molar-refractivity contribution in [1.82, 2.24) is 0 Å². The first-order valence-electron chi connectivity index (χ1n) is 7.47. The van der Waals surface area contributed by atoms with Crippen LogP contribution in [-0.4, -0.2) is 30.5 Å². The Hall–Kier alpha value is 8.25. The van der Waals surface area contributed by atoms with Gasteiger partial charge in [0.2, 0.25) is 0 Å². The summed E-state index contributed by atoms with van der Waals surface area (Å²) in [6.07, 6.45) is 2.82. The number of carbonyl (C=O) groups excluding carboxylic acids is 2. The Bertz CT molecular complexity index is 791. The maximum atomic E-state index is 10.2. The van der Waals surface area contributed by atoms with E-state index in [9.17, 15) is 15.0 Å². The molecule has 0 heterocycles. The molecule has 0 bridgehead atoms. The minimum Gasteiger partial charge on any atom is 0 e. The van der Waals surface area contributed by atoms with E-state index in [1.807, 2.05) is 34.6 Å². The molecule has 0 aromatic rings. The molecule has 0 aliphatic heterocycles. The summed E-state index contributed by atoms with van der Waals surface area (Å²) in [6, 6.07) is 0. The van der Waals surface area contributed by atoms with Crippen molar-refractivity contribution in [2.75, 3.05) is 0 Å². The second-order valence-corrected chi connectivity index (χ2v) is 12.2. The van der Waals surface area contributed by atoms with Crippen molar-refractivity contribution in [2.24, 2.45) is 3.50 Å². The van der Waals surface area contributed by atoms with E-state index in [1.54, 1.807) is 6.92 Å². The topological polar surface area (TPSA) is 87.3 Å². The van der Waals surface area contributed by atoms with Crippen LogP contribution in [-0.2, 0) is 350 Å². The number of hydrogen-bond donors (Lipinski definition) is 0. The van der Waals surface area contributed by atoms with Gasteiger partial charge in [-0.05, 0) is 0 Å². The molecule has 0 N–H and O–H groups in total. The molecule has 0 amide bonds. The van der Waals surface area contributed by atoms with Crippen molar-refractivity contribution in [1.29, 1.82) is 0 Å². The molecule has 0 fully saturated rings. The molecule has 6 nitrogen and oxygen atoms in total. The molecule has 0 aromatic heterocycles. The van der Waals surface area contributed by atoms with Crippen LogP contribution in [0.25, 0.3) is 5.41 Å². The minimum absolute atomic E-state index is 0. The van der Waals surface area contributed by atoms with E-state index in [-0.39, 0.29) is 259 Å². The first-order chi connectivity index (χ1) is 13.0. The van der Waals surface area contributed by atoms with Crippen molar-refractivity contribution in [2.45, 2.75) is 41.5 Å². The third-order valence-corrected chi connectivity index (χ3v) is 6.61. The molecule has 0 unspecified atom stereocenters. The summed E-state index contributed by atoms with van der Waals surface area (Å²) in [5, 5.41) is 9.46. The third-order valence-electron chi connectivity index (χ3n) is 3.06. The largest absolute Gasteiger partial charge is 0 e. The van der Waals surface area contributed by atoms with Crippen LogP contribution in [0.15, 0.2) is 31.7 Å². The van der Waals surface area contributed by atoms with E-state index in [0.29, 0.717) is 11.3 Å². The fourth-order valence-corrected chi connectivity index (χ4v) is 4.16. The van der Waals surface area contributed by atoms with Gasteiger partial charge in [-0.3, -0.25) is 0 Å². The van der Waals surface area contributed by atoms with Gasteiger partial charge in [0.1, 0.15) is 0 Å². The Morgan fingerprint density at radius 3 is 1.15 bits per heavy atom. The molecule has 0 radical (unpaired) electrons. The average Bonchev–Trinajstić information content (AvgIpc) is 2.61. The summed E-state index contributed by atoms with van der Waals surface area (Å²) in [5.74, 6) is 0.0561. The maximum Gasteiger partial charge on any atom is 0 e. The molecule has 0 saturated heterocycles. The van der Waals surface area contributed by atoms with Gasteiger partial charge in [0, 0.05) is 253 Å². The molecular weight excluding hydrogens is 3250 g/mol. The zero-order valence-corrected chi connectivity index (χ0v) is 68.0. The Balaban J connectivity index is -0.0000000217. The van der Waals surface area contributed by atoms with Crippen LogP contribution in [0.1, 0.15) is 41.5 Å². The zero-order valence-electron chi connectivity index (χ0n) is 21.1. The Morgan fingerprint density at radius 2 is 0.950 bits per heavy atom. The zero-order chi connectivity index (χ0) is 22.4. The molecule has 0 aliphatic carbocycles. The van der Waals surface area contributed by atoms with Crippen LogP contribution >= 0.6 is 0 Å². The monoisotopic (exact) mass is 3270 g/mol. The van der Waals surface area contributed by atoms with Crippen molar-refractivity contribution in [3.63, 3.8) is 0 Å². The van der Waals surface area contributed by atoms with E-state index >= 15 is 0 Å². The fraction of sp³-hybridized carbons (Fsp3) is 0.333. The molecule has 0 rings (SSSR count). The molecule has 0 aliphatic rings. The van der Waals surface area contributed by atoms with E-state index in [2.05, 4.69) is 14.3 Å². The molecule has 0 atom stereocenters. The smallest absolute Gasteiger partial charge is 0 e. The number of nitrogens with zero attached hydrogens (tertiary/aromatic N) is 2. The van der Waals surface area contributed by atoms with Crippen molar-refractivity contribution in [3.05, 3.63) is 39.7 Å². The number of hydrogen-bond acceptors (Lipinski definition) is 5. The predicted molar refractivity (Wildman–Crippen MR) is 94.2 cm³/mol. The molecule has 0 aromatic carbocycles. The summed E-state index contributed by atoms with van der Waals surface area (Å²) in [4.78, 5) is 20.1. The second kappa shape index (κ2) is 59.4. The first-order valence-corrected chi connectivity index (χ1v) is 13.2. The van der Waals surface area contributed by atoms with Crippen LogP contribution in [0.2, 0.25) is 0 Å². The molecule has 0 saturated carbocycles. The minimum atomic E-state index is -0.356. The van der Waals surface area contributed by atoms with Gasteiger partial charge in [0.25, 0.3) is 0 Å². The van der Waals surface area contributed by atoms with Crippen molar-refractivity contribution >= 4 is 30.5 Å². The second-order valence-electron chi connectivity index (χ2n) is 4.98. The van der Waals surface area contributed by atoms with E-state index in [1.165, 1.54) is 71.0 Å². The van der Waals surface area contributed by atoms with Gasteiger partial charge < -0.3 is 0 Å². The van der Waals surface area contributed by atoms with E-state index < -0.39 is 0 Å². The van der Waals surface area contributed by atoms with Crippen LogP contribution in [0, 0.1) is 6.08 Å². The molecule has 0 spiro atoms. The van der Waals surface area contributed by atoms with Crippen molar-refractivity contribution < 1.29 is 350 Å². The van der Waals surface area contributed by atoms with Gasteiger partial charge in [0.15, 0.2) is 0 Å². The summed E-state index contributed by atoms with van der Waals surface area (Å²) in [5.41, 5.74) is 3.31. The quantitative estimate of drug-likeness (QED) is 0.117. The molecule has 40 heavy (non-hydrogen) atoms. The standard InChI is InChI=1S/2C9H9NO2.16W/c1-4-8(7(3)10)9(5-2)12-6-11;1-4-7(3)8(5-2)9(10)12-6-11;;;;;;;;;;;;;;;;/h2*1-3H3;;;;;;;;;;;;;;;;/q2*-2;;;;;;;;;;;;;;;;. The Labute approximate surface area is 454 Å². The molecular formula is C18H18N2O4W16-4. The van der Waals surface area contributed by atoms with Gasteiger partial charge in [-0.1, -0.05) is 0 Å². The Morgan fingerprint density at radius 1 is 0.625 bits per heavy atom. The van der Waals surface area contributed by atoms with E-state index in [4.69, 9.17) is 4.74 Å². The van der Waals surface area contributed by atoms with Crippen LogP contribution in [0.5, 0.6) is 0 Å². The SMILES string of the molecule is C[C-]=C(O[C-]=O)C([C](C)=[W])=C(C)[N]=[W].C[C](=[W])C(C)=C(C(=[N-])O[C-]=O)[C](C)=[W].[W].[W].[W].[W].[W].[W].[W].[W].[W].[W].[W].[W]. The van der Waals surface area contributed by atoms with Gasteiger partial charge in [0.05, 0.1) is 0 Å². The van der Waals surface area contributed by atoms with Crippen LogP contribution in [0.3, 0.4) is 0 Å². The van der Waals surface area contributed by atoms with Gasteiger partial charge in [-0.2, -0.15) is 0 Å². The van der Waals surface area contributed by atoms with Gasteiger partial charge >= 0.3 is 212 Å². The first kappa shape index (κ1) is 91.8. The van der Waals surface area contributed by atoms with Crippen LogP contribution in [0.4, 0.5) is 0 Å². The van der Waals surface area contributed by atoms with Crippen molar-refractivity contribution in [3.8, 4) is 0 Å². The molecule has 22 heteroatoms. The maximum absolute atomic E-state index is 10.2. The summed E-state index contributed by atoms with van der Waals surface area (Å²) >= 11 is 4.99. The predicted octanol–water partition coefficient (Wildman–Crippen LogP) is 2.32. The normalized spacial score (nSPS) is 8.50.